The Morgan fingerprint density at radius 1 is 0.781 bits per heavy atom. The maximum Gasteiger partial charge on any atom is 0.228 e. The summed E-state index contributed by atoms with van der Waals surface area (Å²) in [5.74, 6) is 0.868. The average molecular weight is 442 g/mol. The number of rotatable bonds is 5. The van der Waals surface area contributed by atoms with Crippen molar-refractivity contribution in [2.75, 3.05) is 6.54 Å². The number of hydrazone groups is 1. The summed E-state index contributed by atoms with van der Waals surface area (Å²) >= 11 is 0. The Morgan fingerprint density at radius 2 is 1.28 bits per heavy atom. The second kappa shape index (κ2) is 9.24. The molecule has 0 amide bonds. The van der Waals surface area contributed by atoms with E-state index in [-0.39, 0.29) is 22.2 Å². The molecule has 5 heteroatoms. The van der Waals surface area contributed by atoms with Crippen molar-refractivity contribution >= 4 is 5.96 Å². The third-order valence-corrected chi connectivity index (χ3v) is 7.48. The molecule has 1 aromatic rings. The van der Waals surface area contributed by atoms with E-state index in [0.29, 0.717) is 0 Å². The quantitative estimate of drug-likeness (QED) is 0.456. The van der Waals surface area contributed by atoms with E-state index in [1.807, 2.05) is 0 Å². The Hall–Kier alpha value is -1.75. The van der Waals surface area contributed by atoms with E-state index in [9.17, 15) is 0 Å². The summed E-state index contributed by atoms with van der Waals surface area (Å²) in [6, 6.07) is 10.7. The van der Waals surface area contributed by atoms with Crippen molar-refractivity contribution in [1.29, 1.82) is 0 Å². The van der Waals surface area contributed by atoms with Crippen LogP contribution in [-0.4, -0.2) is 44.7 Å². The van der Waals surface area contributed by atoms with Crippen LogP contribution in [0.1, 0.15) is 99.5 Å². The van der Waals surface area contributed by atoms with Gasteiger partial charge in [0.1, 0.15) is 0 Å². The number of guanidine groups is 1. The number of hydrazine groups is 1. The van der Waals surface area contributed by atoms with E-state index in [1.54, 1.807) is 0 Å². The fourth-order valence-electron chi connectivity index (χ4n) is 5.83. The van der Waals surface area contributed by atoms with Crippen LogP contribution in [0.2, 0.25) is 0 Å². The molecule has 2 aliphatic heterocycles. The second-order valence-electron chi connectivity index (χ2n) is 12.3. The molecule has 0 saturated carbocycles. The summed E-state index contributed by atoms with van der Waals surface area (Å²) in [5, 5.41) is 13.8. The van der Waals surface area contributed by atoms with Gasteiger partial charge in [-0.2, -0.15) is 0 Å². The number of piperidine rings is 2. The lowest BCUT2D eigenvalue weighted by Crippen LogP contribution is -2.67. The van der Waals surface area contributed by atoms with Gasteiger partial charge < -0.3 is 5.32 Å². The number of nitrogens with one attached hydrogen (secondary N) is 2. The zero-order valence-corrected chi connectivity index (χ0v) is 21.9. The van der Waals surface area contributed by atoms with Gasteiger partial charge in [-0.1, -0.05) is 30.3 Å². The fourth-order valence-corrected chi connectivity index (χ4v) is 5.83. The van der Waals surface area contributed by atoms with E-state index in [0.717, 1.165) is 31.8 Å². The lowest BCUT2D eigenvalue weighted by atomic mass is 9.81. The van der Waals surface area contributed by atoms with Crippen molar-refractivity contribution < 1.29 is 0 Å². The highest BCUT2D eigenvalue weighted by atomic mass is 15.6. The molecule has 0 bridgehead atoms. The smallest absolute Gasteiger partial charge is 0.228 e. The maximum absolute atomic E-state index is 5.28. The van der Waals surface area contributed by atoms with Gasteiger partial charge in [0.05, 0.1) is 11.1 Å². The molecule has 2 heterocycles. The third-order valence-electron chi connectivity index (χ3n) is 7.48. The highest BCUT2D eigenvalue weighted by Gasteiger charge is 2.44. The Labute approximate surface area is 197 Å². The number of benzene rings is 1. The number of nitrogens with zero attached hydrogens (tertiary/aromatic N) is 3. The van der Waals surface area contributed by atoms with Crippen molar-refractivity contribution in [3.63, 3.8) is 0 Å². The SMILES string of the molecule is CC1(C)CCCC(C)(C)N1N=C(NCCc1ccccc1)NN1C(C)(C)CCCC1(C)C. The van der Waals surface area contributed by atoms with Crippen LogP contribution in [0.25, 0.3) is 0 Å². The molecule has 2 aliphatic rings. The minimum Gasteiger partial charge on any atom is -0.353 e. The summed E-state index contributed by atoms with van der Waals surface area (Å²) in [6.45, 7) is 19.5. The van der Waals surface area contributed by atoms with Crippen LogP contribution in [-0.2, 0) is 6.42 Å². The predicted octanol–water partition coefficient (Wildman–Crippen LogP) is 5.68. The van der Waals surface area contributed by atoms with E-state index >= 15 is 0 Å². The first kappa shape index (κ1) is 24.9. The highest BCUT2D eigenvalue weighted by molar-refractivity contribution is 5.79. The first-order valence-electron chi connectivity index (χ1n) is 12.6. The van der Waals surface area contributed by atoms with E-state index in [4.69, 9.17) is 5.10 Å². The molecule has 0 atom stereocenters. The highest BCUT2D eigenvalue weighted by Crippen LogP contribution is 2.39. The minimum absolute atomic E-state index is 0.0305. The largest absolute Gasteiger partial charge is 0.353 e. The molecule has 0 aromatic heterocycles. The maximum atomic E-state index is 5.28. The molecule has 0 spiro atoms. The van der Waals surface area contributed by atoms with Gasteiger partial charge >= 0.3 is 0 Å². The van der Waals surface area contributed by atoms with Gasteiger partial charge in [0.15, 0.2) is 0 Å². The summed E-state index contributed by atoms with van der Waals surface area (Å²) in [5.41, 5.74) is 5.31. The van der Waals surface area contributed by atoms with Gasteiger partial charge in [-0.25, -0.2) is 5.01 Å². The van der Waals surface area contributed by atoms with Crippen LogP contribution >= 0.6 is 0 Å². The molecule has 3 rings (SSSR count). The van der Waals surface area contributed by atoms with Gasteiger partial charge in [0.25, 0.3) is 0 Å². The fraction of sp³-hybridized carbons (Fsp3) is 0.741. The van der Waals surface area contributed by atoms with Crippen LogP contribution in [0.5, 0.6) is 0 Å². The van der Waals surface area contributed by atoms with Gasteiger partial charge in [0.2, 0.25) is 5.96 Å². The molecular formula is C27H47N5. The van der Waals surface area contributed by atoms with Gasteiger partial charge in [-0.05, 0) is 106 Å². The summed E-state index contributed by atoms with van der Waals surface area (Å²) in [6.07, 6.45) is 8.18. The first-order valence-corrected chi connectivity index (χ1v) is 12.6. The number of hydrogen-bond acceptors (Lipinski definition) is 3. The standard InChI is InChI=1S/C27H47N5/c1-24(2)17-12-18-25(3,4)31(24)29-23(28-21-16-22-14-10-9-11-15-22)30-32-26(5,6)19-13-20-27(32,7)8/h9-11,14-15H,12-13,16-21H2,1-8H3,(H2,28,29,30). The minimum atomic E-state index is 0.0305. The molecule has 32 heavy (non-hydrogen) atoms. The first-order chi connectivity index (χ1) is 14.8. The number of hydrogen-bond donors (Lipinski definition) is 2. The lowest BCUT2D eigenvalue weighted by molar-refractivity contribution is -0.0557. The normalized spacial score (nSPS) is 24.8. The molecule has 2 N–H and O–H groups in total. The van der Waals surface area contributed by atoms with Gasteiger partial charge in [0, 0.05) is 17.6 Å². The van der Waals surface area contributed by atoms with Gasteiger partial charge in [-0.15, -0.1) is 5.10 Å². The van der Waals surface area contributed by atoms with Crippen molar-refractivity contribution in [3.8, 4) is 0 Å². The summed E-state index contributed by atoms with van der Waals surface area (Å²) in [7, 11) is 0. The van der Waals surface area contributed by atoms with E-state index < -0.39 is 0 Å². The van der Waals surface area contributed by atoms with Crippen molar-refractivity contribution in [3.05, 3.63) is 35.9 Å². The second-order valence-corrected chi connectivity index (χ2v) is 12.3. The topological polar surface area (TPSA) is 42.9 Å². The molecule has 1 aromatic carbocycles. The molecule has 5 nitrogen and oxygen atoms in total. The van der Waals surface area contributed by atoms with E-state index in [1.165, 1.54) is 31.2 Å². The zero-order chi connectivity index (χ0) is 23.6. The van der Waals surface area contributed by atoms with Crippen LogP contribution in [0.4, 0.5) is 0 Å². The Balaban J connectivity index is 1.87. The van der Waals surface area contributed by atoms with Gasteiger partial charge in [-0.3, -0.25) is 10.4 Å². The molecule has 180 valence electrons. The average Bonchev–Trinajstić information content (AvgIpc) is 2.67. The van der Waals surface area contributed by atoms with Crippen molar-refractivity contribution in [2.24, 2.45) is 5.10 Å². The Bertz CT molecular complexity index is 746. The lowest BCUT2D eigenvalue weighted by Gasteiger charge is -2.54. The Morgan fingerprint density at radius 3 is 1.81 bits per heavy atom. The monoisotopic (exact) mass is 441 g/mol. The Kier molecular flexibility index (Phi) is 7.19. The zero-order valence-electron chi connectivity index (χ0n) is 21.9. The molecule has 0 unspecified atom stereocenters. The molecule has 0 radical (unpaired) electrons. The van der Waals surface area contributed by atoms with Crippen LogP contribution in [0.3, 0.4) is 0 Å². The summed E-state index contributed by atoms with van der Waals surface area (Å²) in [4.78, 5) is 0. The summed E-state index contributed by atoms with van der Waals surface area (Å²) < 4.78 is 0. The molecule has 2 fully saturated rings. The van der Waals surface area contributed by atoms with Crippen molar-refractivity contribution in [1.82, 2.24) is 20.8 Å². The van der Waals surface area contributed by atoms with E-state index in [2.05, 4.69) is 106 Å². The van der Waals surface area contributed by atoms with Crippen LogP contribution < -0.4 is 10.7 Å². The van der Waals surface area contributed by atoms with Crippen LogP contribution in [0.15, 0.2) is 35.4 Å². The molecule has 2 saturated heterocycles. The molecule has 0 aliphatic carbocycles. The molecular weight excluding hydrogens is 394 g/mol. The predicted molar refractivity (Wildman–Crippen MR) is 136 cm³/mol. The third kappa shape index (κ3) is 5.78. The van der Waals surface area contributed by atoms with Crippen LogP contribution in [0, 0.1) is 0 Å². The van der Waals surface area contributed by atoms with Crippen molar-refractivity contribution in [2.45, 2.75) is 122 Å².